The molecule has 9 nitrogen and oxygen atoms in total. The molecule has 0 radical (unpaired) electrons. The highest BCUT2D eigenvalue weighted by atomic mass is 16.5. The summed E-state index contributed by atoms with van der Waals surface area (Å²) >= 11 is 0. The molecule has 3 heterocycles. The fourth-order valence-corrected chi connectivity index (χ4v) is 3.33. The largest absolute Gasteiger partial charge is 0.342 e. The van der Waals surface area contributed by atoms with Gasteiger partial charge >= 0.3 is 0 Å². The lowest BCUT2D eigenvalue weighted by molar-refractivity contribution is -0.132. The van der Waals surface area contributed by atoms with Crippen LogP contribution in [-0.2, 0) is 11.3 Å². The molecule has 2 aromatic heterocycles. The number of carbonyl (C=O) groups excluding carboxylic acids is 1. The maximum Gasteiger partial charge on any atom is 0.231 e. The fraction of sp³-hybridized carbons (Fsp3) is 0.444. The van der Waals surface area contributed by atoms with Crippen LogP contribution in [0.2, 0.25) is 0 Å². The molecule has 3 aromatic rings. The Morgan fingerprint density at radius 2 is 2.15 bits per heavy atom. The number of aryl methyl sites for hydroxylation is 2. The molecular formula is C18H21N7O2. The molecule has 0 bridgehead atoms. The average Bonchev–Trinajstić information content (AvgIpc) is 3.36. The third-order valence-electron chi connectivity index (χ3n) is 4.85. The summed E-state index contributed by atoms with van der Waals surface area (Å²) in [5.74, 6) is 2.06. The summed E-state index contributed by atoms with van der Waals surface area (Å²) in [7, 11) is 0. The number of carbonyl (C=O) groups is 1. The SMILES string of the molecule is Cc1nnnn1CCC(=O)N1CCC[C@H](c2nc(-c3ccccc3)no2)C1. The molecular weight excluding hydrogens is 346 g/mol. The number of likely N-dealkylation sites (tertiary alicyclic amines) is 1. The first-order chi connectivity index (χ1) is 13.2. The van der Waals surface area contributed by atoms with Crippen molar-refractivity contribution in [1.29, 1.82) is 0 Å². The molecule has 1 atom stereocenters. The molecule has 1 amide bonds. The van der Waals surface area contributed by atoms with E-state index in [1.165, 1.54) is 0 Å². The van der Waals surface area contributed by atoms with Gasteiger partial charge in [-0.15, -0.1) is 5.10 Å². The summed E-state index contributed by atoms with van der Waals surface area (Å²) in [5.41, 5.74) is 0.924. The van der Waals surface area contributed by atoms with E-state index in [9.17, 15) is 4.79 Å². The summed E-state index contributed by atoms with van der Waals surface area (Å²) in [4.78, 5) is 19.0. The quantitative estimate of drug-likeness (QED) is 0.678. The van der Waals surface area contributed by atoms with Gasteiger partial charge in [0.25, 0.3) is 0 Å². The van der Waals surface area contributed by atoms with E-state index >= 15 is 0 Å². The van der Waals surface area contributed by atoms with Gasteiger partial charge in [-0.1, -0.05) is 35.5 Å². The van der Waals surface area contributed by atoms with Crippen LogP contribution in [0, 0.1) is 6.92 Å². The number of tetrazole rings is 1. The van der Waals surface area contributed by atoms with Gasteiger partial charge in [0.15, 0.2) is 0 Å². The first-order valence-electron chi connectivity index (χ1n) is 9.10. The molecule has 1 aliphatic heterocycles. The van der Waals surface area contributed by atoms with E-state index < -0.39 is 0 Å². The Kier molecular flexibility index (Phi) is 4.91. The van der Waals surface area contributed by atoms with Crippen LogP contribution < -0.4 is 0 Å². The highest BCUT2D eigenvalue weighted by Crippen LogP contribution is 2.27. The smallest absolute Gasteiger partial charge is 0.231 e. The molecule has 0 N–H and O–H groups in total. The molecule has 0 saturated carbocycles. The Morgan fingerprint density at radius 1 is 1.30 bits per heavy atom. The van der Waals surface area contributed by atoms with Gasteiger partial charge in [-0.05, 0) is 30.2 Å². The van der Waals surface area contributed by atoms with Crippen LogP contribution in [0.5, 0.6) is 0 Å². The first-order valence-corrected chi connectivity index (χ1v) is 9.10. The van der Waals surface area contributed by atoms with Crippen molar-refractivity contribution >= 4 is 5.91 Å². The van der Waals surface area contributed by atoms with E-state index in [4.69, 9.17) is 4.52 Å². The molecule has 140 valence electrons. The van der Waals surface area contributed by atoms with Gasteiger partial charge in [-0.25, -0.2) is 4.68 Å². The predicted molar refractivity (Wildman–Crippen MR) is 95.5 cm³/mol. The van der Waals surface area contributed by atoms with Gasteiger partial charge in [0.1, 0.15) is 5.82 Å². The Bertz CT molecular complexity index is 905. The number of nitrogens with zero attached hydrogens (tertiary/aromatic N) is 7. The Morgan fingerprint density at radius 3 is 2.93 bits per heavy atom. The van der Waals surface area contributed by atoms with Crippen molar-refractivity contribution in [1.82, 2.24) is 35.2 Å². The Hall–Kier alpha value is -3.10. The van der Waals surface area contributed by atoms with Crippen LogP contribution in [-0.4, -0.2) is 54.2 Å². The number of amides is 1. The van der Waals surface area contributed by atoms with E-state index in [2.05, 4.69) is 25.7 Å². The minimum absolute atomic E-state index is 0.0717. The van der Waals surface area contributed by atoms with Crippen molar-refractivity contribution in [3.05, 3.63) is 42.0 Å². The zero-order chi connectivity index (χ0) is 18.6. The number of rotatable bonds is 5. The second-order valence-electron chi connectivity index (χ2n) is 6.70. The number of hydrogen-bond donors (Lipinski definition) is 0. The van der Waals surface area contributed by atoms with Gasteiger partial charge in [-0.2, -0.15) is 4.98 Å². The van der Waals surface area contributed by atoms with Crippen LogP contribution in [0.25, 0.3) is 11.4 Å². The normalized spacial score (nSPS) is 17.2. The topological polar surface area (TPSA) is 103 Å². The van der Waals surface area contributed by atoms with E-state index in [1.54, 1.807) is 4.68 Å². The summed E-state index contributed by atoms with van der Waals surface area (Å²) in [6.45, 7) is 3.66. The Balaban J connectivity index is 1.38. The third-order valence-corrected chi connectivity index (χ3v) is 4.85. The lowest BCUT2D eigenvalue weighted by atomic mass is 9.97. The second-order valence-corrected chi connectivity index (χ2v) is 6.70. The molecule has 1 saturated heterocycles. The maximum absolute atomic E-state index is 12.6. The lowest BCUT2D eigenvalue weighted by Gasteiger charge is -2.31. The van der Waals surface area contributed by atoms with E-state index in [0.717, 1.165) is 24.9 Å². The van der Waals surface area contributed by atoms with Crippen LogP contribution >= 0.6 is 0 Å². The third kappa shape index (κ3) is 3.86. The molecule has 1 aliphatic rings. The van der Waals surface area contributed by atoms with Crippen molar-refractivity contribution in [2.24, 2.45) is 0 Å². The van der Waals surface area contributed by atoms with Gasteiger partial charge in [0, 0.05) is 25.1 Å². The molecule has 4 rings (SSSR count). The molecule has 0 unspecified atom stereocenters. The van der Waals surface area contributed by atoms with Crippen molar-refractivity contribution in [2.45, 2.75) is 38.6 Å². The first kappa shape index (κ1) is 17.3. The summed E-state index contributed by atoms with van der Waals surface area (Å²) < 4.78 is 7.13. The monoisotopic (exact) mass is 367 g/mol. The highest BCUT2D eigenvalue weighted by molar-refractivity contribution is 5.76. The van der Waals surface area contributed by atoms with Crippen LogP contribution in [0.15, 0.2) is 34.9 Å². The van der Waals surface area contributed by atoms with Crippen molar-refractivity contribution in [2.75, 3.05) is 13.1 Å². The molecule has 0 spiro atoms. The average molecular weight is 367 g/mol. The Labute approximate surface area is 156 Å². The minimum atomic E-state index is 0.0717. The lowest BCUT2D eigenvalue weighted by Crippen LogP contribution is -2.39. The summed E-state index contributed by atoms with van der Waals surface area (Å²) in [6, 6.07) is 9.74. The standard InChI is InChI=1S/C18H21N7O2/c1-13-20-22-23-25(13)11-9-16(26)24-10-5-8-15(12-24)18-19-17(21-27-18)14-6-3-2-4-7-14/h2-4,6-7,15H,5,8-12H2,1H3/t15-/m0/s1. The second kappa shape index (κ2) is 7.65. The molecule has 9 heteroatoms. The molecule has 1 fully saturated rings. The van der Waals surface area contributed by atoms with Gasteiger partial charge < -0.3 is 9.42 Å². The van der Waals surface area contributed by atoms with Gasteiger partial charge in [0.05, 0.1) is 12.5 Å². The van der Waals surface area contributed by atoms with E-state index in [0.29, 0.717) is 37.0 Å². The van der Waals surface area contributed by atoms with Crippen molar-refractivity contribution in [3.63, 3.8) is 0 Å². The highest BCUT2D eigenvalue weighted by Gasteiger charge is 2.28. The minimum Gasteiger partial charge on any atom is -0.342 e. The summed E-state index contributed by atoms with van der Waals surface area (Å²) in [5, 5.41) is 15.4. The molecule has 27 heavy (non-hydrogen) atoms. The zero-order valence-electron chi connectivity index (χ0n) is 15.2. The zero-order valence-corrected chi connectivity index (χ0v) is 15.2. The number of benzene rings is 1. The predicted octanol–water partition coefficient (Wildman–Crippen LogP) is 1.83. The van der Waals surface area contributed by atoms with Crippen molar-refractivity contribution < 1.29 is 9.32 Å². The van der Waals surface area contributed by atoms with Crippen LogP contribution in [0.3, 0.4) is 0 Å². The molecule has 0 aliphatic carbocycles. The van der Waals surface area contributed by atoms with Crippen LogP contribution in [0.1, 0.15) is 36.9 Å². The van der Waals surface area contributed by atoms with Gasteiger partial charge in [0.2, 0.25) is 17.6 Å². The van der Waals surface area contributed by atoms with E-state index in [-0.39, 0.29) is 11.8 Å². The van der Waals surface area contributed by atoms with Crippen LogP contribution in [0.4, 0.5) is 0 Å². The molecule has 1 aromatic carbocycles. The summed E-state index contributed by atoms with van der Waals surface area (Å²) in [6.07, 6.45) is 2.23. The van der Waals surface area contributed by atoms with Gasteiger partial charge in [-0.3, -0.25) is 4.79 Å². The number of aromatic nitrogens is 6. The maximum atomic E-state index is 12.6. The van der Waals surface area contributed by atoms with E-state index in [1.807, 2.05) is 42.2 Å². The van der Waals surface area contributed by atoms with Crippen molar-refractivity contribution in [3.8, 4) is 11.4 Å². The number of piperidine rings is 1. The fourth-order valence-electron chi connectivity index (χ4n) is 3.33. The number of hydrogen-bond acceptors (Lipinski definition) is 7.